The second-order valence-corrected chi connectivity index (χ2v) is 3.47. The van der Waals surface area contributed by atoms with Crippen LogP contribution < -0.4 is 56.1 Å². The number of anilines is 1. The van der Waals surface area contributed by atoms with Crippen molar-refractivity contribution in [2.45, 2.75) is 0 Å². The van der Waals surface area contributed by atoms with Gasteiger partial charge in [0, 0.05) is 17.8 Å². The van der Waals surface area contributed by atoms with E-state index in [-0.39, 0.29) is 62.8 Å². The topological polar surface area (TPSA) is 112 Å². The van der Waals surface area contributed by atoms with E-state index >= 15 is 0 Å². The molecule has 0 saturated carbocycles. The number of benzene rings is 1. The van der Waals surface area contributed by atoms with Gasteiger partial charge in [-0.3, -0.25) is 14.8 Å². The molecule has 0 aliphatic heterocycles. The van der Waals surface area contributed by atoms with Crippen LogP contribution in [0, 0.1) is 10.1 Å². The van der Waals surface area contributed by atoms with Crippen molar-refractivity contribution >= 4 is 21.7 Å². The minimum absolute atomic E-state index is 0. The molecule has 9 heteroatoms. The van der Waals surface area contributed by atoms with Gasteiger partial charge in [0.05, 0.1) is 4.92 Å². The molecule has 0 unspecified atom stereocenters. The molecule has 0 bridgehead atoms. The van der Waals surface area contributed by atoms with Crippen molar-refractivity contribution in [1.29, 1.82) is 0 Å². The summed E-state index contributed by atoms with van der Waals surface area (Å²) in [5, 5.41) is 10.2. The second-order valence-electron chi connectivity index (χ2n) is 2.36. The molecule has 0 radical (unpaired) electrons. The Balaban J connectivity index is 0.00000196. The van der Waals surface area contributed by atoms with E-state index in [1.54, 1.807) is 4.72 Å². The third-order valence-corrected chi connectivity index (χ3v) is 1.81. The summed E-state index contributed by atoms with van der Waals surface area (Å²) < 4.78 is 32.3. The second kappa shape index (κ2) is 5.89. The fourth-order valence-electron chi connectivity index (χ4n) is 0.796. The first-order valence-electron chi connectivity index (χ1n) is 3.36. The summed E-state index contributed by atoms with van der Waals surface area (Å²) in [5.41, 5.74) is -0.190. The van der Waals surface area contributed by atoms with Crippen molar-refractivity contribution in [2.24, 2.45) is 0 Å². The average molecular weight is 256 g/mol. The van der Waals surface area contributed by atoms with E-state index in [1.807, 2.05) is 0 Å². The Morgan fingerprint density at radius 3 is 2.00 bits per heavy atom. The van der Waals surface area contributed by atoms with Crippen molar-refractivity contribution < 1.29 is 69.3 Å². The number of nitrogens with one attached hydrogen (secondary N) is 1. The molecule has 1 N–H and O–H groups in total. The third kappa shape index (κ3) is 5.56. The molecule has 0 heterocycles. The first-order valence-corrected chi connectivity index (χ1v) is 4.77. The fraction of sp³-hybridized carbons (Fsp3) is 0. The van der Waals surface area contributed by atoms with Crippen molar-refractivity contribution in [1.82, 2.24) is 0 Å². The van der Waals surface area contributed by atoms with Crippen LogP contribution in [0.2, 0.25) is 0 Å². The summed E-state index contributed by atoms with van der Waals surface area (Å²) in [6.07, 6.45) is 0. The molecule has 0 aliphatic rings. The zero-order chi connectivity index (χ0) is 10.8. The normalized spacial score (nSPS) is 10.2. The summed E-state index contributed by atoms with van der Waals surface area (Å²) in [4.78, 5) is 9.57. The minimum Gasteiger partial charge on any atom is -0.731 e. The predicted octanol–water partition coefficient (Wildman–Crippen LogP) is -2.53. The van der Waals surface area contributed by atoms with Crippen LogP contribution in [0.4, 0.5) is 11.4 Å². The Hall–Kier alpha value is -0.0336. The summed E-state index contributed by atoms with van der Waals surface area (Å²) in [6, 6.07) is 4.45. The van der Waals surface area contributed by atoms with Crippen molar-refractivity contribution in [3.05, 3.63) is 34.4 Å². The molecule has 1 rings (SSSR count). The summed E-state index contributed by atoms with van der Waals surface area (Å²) in [6.45, 7) is 0. The van der Waals surface area contributed by atoms with Crippen molar-refractivity contribution in [3.8, 4) is 0 Å². The molecular weight excluding hydrogens is 251 g/mol. The van der Waals surface area contributed by atoms with Gasteiger partial charge in [-0.05, 0) is 12.1 Å². The number of rotatable bonds is 3. The molecule has 0 amide bonds. The predicted molar refractivity (Wildman–Crippen MR) is 46.4 cm³/mol. The monoisotopic (exact) mass is 256 g/mol. The van der Waals surface area contributed by atoms with Crippen molar-refractivity contribution in [3.63, 3.8) is 0 Å². The number of non-ortho nitro benzene ring substituents is 1. The van der Waals surface area contributed by atoms with Gasteiger partial charge < -0.3 is 4.55 Å². The van der Waals surface area contributed by atoms with Gasteiger partial charge >= 0.3 is 51.4 Å². The minimum atomic E-state index is -4.58. The van der Waals surface area contributed by atoms with Gasteiger partial charge in [-0.1, -0.05) is 0 Å². The summed E-state index contributed by atoms with van der Waals surface area (Å²) in [7, 11) is -4.58. The van der Waals surface area contributed by atoms with Gasteiger partial charge in [-0.2, -0.15) is 0 Å². The van der Waals surface area contributed by atoms with E-state index in [0.29, 0.717) is 0 Å². The molecule has 76 valence electrons. The molecule has 0 aromatic heterocycles. The largest absolute Gasteiger partial charge is 1.00 e. The van der Waals surface area contributed by atoms with Gasteiger partial charge in [0.25, 0.3) is 5.69 Å². The van der Waals surface area contributed by atoms with E-state index in [9.17, 15) is 23.1 Å². The number of hydrogen-bond acceptors (Lipinski definition) is 5. The number of nitrogens with zero attached hydrogens (tertiary/aromatic N) is 1. The van der Waals surface area contributed by atoms with E-state index in [4.69, 9.17) is 0 Å². The van der Waals surface area contributed by atoms with Gasteiger partial charge in [-0.25, -0.2) is 8.42 Å². The van der Waals surface area contributed by atoms with Crippen LogP contribution in [-0.2, 0) is 10.3 Å². The first-order chi connectivity index (χ1) is 6.38. The fourth-order valence-corrected chi connectivity index (χ4v) is 1.22. The van der Waals surface area contributed by atoms with Gasteiger partial charge in [0.15, 0.2) is 10.3 Å². The van der Waals surface area contributed by atoms with Crippen LogP contribution in [0.1, 0.15) is 0 Å². The first kappa shape index (κ1) is 15.0. The molecule has 1 aromatic rings. The van der Waals surface area contributed by atoms with E-state index in [0.717, 1.165) is 24.3 Å². The molecular formula is C6H5KN2O5S. The molecule has 0 atom stereocenters. The maximum atomic E-state index is 10.2. The number of nitro groups is 1. The van der Waals surface area contributed by atoms with E-state index in [1.165, 1.54) is 0 Å². The SMILES string of the molecule is O=[N+]([O-])c1ccc(NS(=O)(=O)[O-])cc1.[K+]. The summed E-state index contributed by atoms with van der Waals surface area (Å²) >= 11 is 0. The average Bonchev–Trinajstić information content (AvgIpc) is 2.02. The Morgan fingerprint density at radius 2 is 1.67 bits per heavy atom. The Kier molecular flexibility index (Phi) is 5.88. The van der Waals surface area contributed by atoms with E-state index in [2.05, 4.69) is 0 Å². The van der Waals surface area contributed by atoms with Gasteiger partial charge in [0.2, 0.25) is 0 Å². The van der Waals surface area contributed by atoms with Crippen LogP contribution in [0.25, 0.3) is 0 Å². The molecule has 0 aliphatic carbocycles. The molecule has 15 heavy (non-hydrogen) atoms. The molecule has 1 aromatic carbocycles. The molecule has 0 saturated heterocycles. The molecule has 7 nitrogen and oxygen atoms in total. The zero-order valence-electron chi connectivity index (χ0n) is 7.71. The van der Waals surface area contributed by atoms with Crippen LogP contribution >= 0.6 is 0 Å². The number of nitro benzene ring substituents is 1. The van der Waals surface area contributed by atoms with E-state index < -0.39 is 15.2 Å². The van der Waals surface area contributed by atoms with Crippen LogP contribution in [0.3, 0.4) is 0 Å². The van der Waals surface area contributed by atoms with Crippen LogP contribution in [-0.4, -0.2) is 17.9 Å². The smallest absolute Gasteiger partial charge is 0.731 e. The zero-order valence-corrected chi connectivity index (χ0v) is 11.6. The standard InChI is InChI=1S/C6H6N2O5S.K/c9-8(10)6-3-1-5(2-4-6)7-14(11,12)13;/h1-4,7H,(H,11,12,13);/q;+1/p-1. The Labute approximate surface area is 128 Å². The maximum absolute atomic E-state index is 10.2. The van der Waals surface area contributed by atoms with Gasteiger partial charge in [-0.15, -0.1) is 0 Å². The maximum Gasteiger partial charge on any atom is 1.00 e. The quantitative estimate of drug-likeness (QED) is 0.277. The third-order valence-electron chi connectivity index (χ3n) is 1.32. The van der Waals surface area contributed by atoms with Crippen molar-refractivity contribution in [2.75, 3.05) is 4.72 Å². The van der Waals surface area contributed by atoms with Crippen LogP contribution in [0.5, 0.6) is 0 Å². The number of hydrogen-bond donors (Lipinski definition) is 1. The Bertz CT molecular complexity index is 443. The van der Waals surface area contributed by atoms with Gasteiger partial charge in [0.1, 0.15) is 0 Å². The van der Waals surface area contributed by atoms with Crippen LogP contribution in [0.15, 0.2) is 24.3 Å². The molecule has 0 spiro atoms. The Morgan fingerprint density at radius 1 is 1.20 bits per heavy atom. The molecule has 0 fully saturated rings. The summed E-state index contributed by atoms with van der Waals surface area (Å²) in [5.74, 6) is 0.